The summed E-state index contributed by atoms with van der Waals surface area (Å²) in [6, 6.07) is 11.8. The number of hydrogen-bond acceptors (Lipinski definition) is 3. The lowest BCUT2D eigenvalue weighted by Crippen LogP contribution is -2.16. The lowest BCUT2D eigenvalue weighted by Gasteiger charge is -2.12. The summed E-state index contributed by atoms with van der Waals surface area (Å²) in [6.07, 6.45) is 4.06. The van der Waals surface area contributed by atoms with Crippen LogP contribution < -0.4 is 4.90 Å². The molecule has 1 saturated heterocycles. The number of hydrogen-bond donors (Lipinski definition) is 0. The fraction of sp³-hybridized carbons (Fsp3) is 0.235. The highest BCUT2D eigenvalue weighted by Crippen LogP contribution is 2.25. The summed E-state index contributed by atoms with van der Waals surface area (Å²) in [7, 11) is 0. The minimum absolute atomic E-state index is 0.314. The minimum atomic E-state index is -0.314. The van der Waals surface area contributed by atoms with Gasteiger partial charge in [0.15, 0.2) is 5.88 Å². The number of rotatable bonds is 3. The molecule has 0 saturated carbocycles. The normalized spacial score (nSPS) is 15.2. The summed E-state index contributed by atoms with van der Waals surface area (Å²) >= 11 is 0. The van der Waals surface area contributed by atoms with Gasteiger partial charge in [-0.1, -0.05) is 12.1 Å². The quantitative estimate of drug-likeness (QED) is 0.796. The molecule has 3 rings (SSSR count). The Morgan fingerprint density at radius 2 is 1.86 bits per heavy atom. The number of halogens is 1. The molecule has 0 amide bonds. The molecule has 1 fully saturated rings. The first-order chi connectivity index (χ1) is 10.3. The van der Waals surface area contributed by atoms with Crippen molar-refractivity contribution in [3.8, 4) is 6.07 Å². The smallest absolute Gasteiger partial charge is 0.196 e. The first-order valence-corrected chi connectivity index (χ1v) is 6.99. The molecule has 0 atom stereocenters. The molecule has 1 aliphatic heterocycles. The maximum Gasteiger partial charge on any atom is 0.196 e. The Balaban J connectivity index is 1.85. The number of anilines is 1. The van der Waals surface area contributed by atoms with Crippen LogP contribution in [0.3, 0.4) is 0 Å². The van der Waals surface area contributed by atoms with Gasteiger partial charge in [0.25, 0.3) is 0 Å². The third kappa shape index (κ3) is 2.97. The molecular formula is C17H15FN2O. The molecule has 4 heteroatoms. The first-order valence-electron chi connectivity index (χ1n) is 6.99. The number of nitrogens with zero attached hydrogens (tertiary/aromatic N) is 2. The maximum absolute atomic E-state index is 12.9. The van der Waals surface area contributed by atoms with E-state index in [1.807, 2.05) is 12.1 Å². The molecule has 21 heavy (non-hydrogen) atoms. The lowest BCUT2D eigenvalue weighted by atomic mass is 10.1. The van der Waals surface area contributed by atoms with Gasteiger partial charge in [0.05, 0.1) is 11.6 Å². The summed E-state index contributed by atoms with van der Waals surface area (Å²) in [5.41, 5.74) is 1.13. The fourth-order valence-electron chi connectivity index (χ4n) is 2.48. The molecule has 2 heterocycles. The molecule has 1 aromatic heterocycles. The highest BCUT2D eigenvalue weighted by atomic mass is 19.1. The molecule has 0 aliphatic carbocycles. The van der Waals surface area contributed by atoms with Crippen molar-refractivity contribution >= 4 is 17.5 Å². The van der Waals surface area contributed by atoms with Crippen LogP contribution in [0.25, 0.3) is 11.6 Å². The summed E-state index contributed by atoms with van der Waals surface area (Å²) in [4.78, 5) is 2.20. The number of nitriles is 1. The van der Waals surface area contributed by atoms with Gasteiger partial charge in [-0.15, -0.1) is 0 Å². The van der Waals surface area contributed by atoms with Crippen molar-refractivity contribution < 1.29 is 8.81 Å². The first kappa shape index (κ1) is 13.4. The second-order valence-corrected chi connectivity index (χ2v) is 5.05. The number of allylic oxidation sites excluding steroid dienone is 1. The predicted molar refractivity (Wildman–Crippen MR) is 80.0 cm³/mol. The van der Waals surface area contributed by atoms with Crippen LogP contribution in [0.4, 0.5) is 10.3 Å². The van der Waals surface area contributed by atoms with E-state index in [-0.39, 0.29) is 5.82 Å². The van der Waals surface area contributed by atoms with Gasteiger partial charge in [-0.2, -0.15) is 5.26 Å². The maximum atomic E-state index is 12.9. The van der Waals surface area contributed by atoms with Gasteiger partial charge >= 0.3 is 0 Å². The van der Waals surface area contributed by atoms with E-state index in [4.69, 9.17) is 4.42 Å². The second kappa shape index (κ2) is 5.84. The molecule has 0 N–H and O–H groups in total. The molecule has 0 spiro atoms. The van der Waals surface area contributed by atoms with Gasteiger partial charge in [0.2, 0.25) is 0 Å². The van der Waals surface area contributed by atoms with Crippen LogP contribution in [0.15, 0.2) is 40.8 Å². The Morgan fingerprint density at radius 1 is 1.14 bits per heavy atom. The summed E-state index contributed by atoms with van der Waals surface area (Å²) < 4.78 is 18.7. The molecule has 2 aromatic rings. The van der Waals surface area contributed by atoms with E-state index >= 15 is 0 Å². The Morgan fingerprint density at radius 3 is 2.52 bits per heavy atom. The summed E-state index contributed by atoms with van der Waals surface area (Å²) in [6.45, 7) is 2.03. The van der Waals surface area contributed by atoms with Crippen LogP contribution in [0.2, 0.25) is 0 Å². The van der Waals surface area contributed by atoms with Gasteiger partial charge in [0, 0.05) is 19.2 Å². The largest absolute Gasteiger partial charge is 0.441 e. The third-order valence-electron chi connectivity index (χ3n) is 3.59. The molecule has 0 radical (unpaired) electrons. The van der Waals surface area contributed by atoms with E-state index in [1.54, 1.807) is 18.2 Å². The Labute approximate surface area is 122 Å². The lowest BCUT2D eigenvalue weighted by molar-refractivity contribution is 0.548. The van der Waals surface area contributed by atoms with Crippen molar-refractivity contribution in [2.45, 2.75) is 12.8 Å². The standard InChI is InChI=1S/C17H15FN2O/c18-15-5-3-13(4-6-15)14(12-19)11-16-7-8-17(21-16)20-9-1-2-10-20/h3-8,11H,1-2,9-10H2. The summed E-state index contributed by atoms with van der Waals surface area (Å²) in [5, 5.41) is 9.26. The molecule has 106 valence electrons. The van der Waals surface area contributed by atoms with E-state index in [0.717, 1.165) is 19.0 Å². The highest BCUT2D eigenvalue weighted by Gasteiger charge is 2.15. The fourth-order valence-corrected chi connectivity index (χ4v) is 2.48. The van der Waals surface area contributed by atoms with E-state index in [1.165, 1.54) is 25.0 Å². The van der Waals surface area contributed by atoms with Crippen LogP contribution in [0, 0.1) is 17.1 Å². The minimum Gasteiger partial charge on any atom is -0.441 e. The monoisotopic (exact) mass is 282 g/mol. The zero-order chi connectivity index (χ0) is 14.7. The van der Waals surface area contributed by atoms with Crippen molar-refractivity contribution in [3.05, 3.63) is 53.5 Å². The van der Waals surface area contributed by atoms with Crippen LogP contribution >= 0.6 is 0 Å². The molecule has 3 nitrogen and oxygen atoms in total. The zero-order valence-electron chi connectivity index (χ0n) is 11.6. The summed E-state index contributed by atoms with van der Waals surface area (Å²) in [5.74, 6) is 1.17. The molecular weight excluding hydrogens is 267 g/mol. The highest BCUT2D eigenvalue weighted by molar-refractivity contribution is 5.88. The van der Waals surface area contributed by atoms with Crippen LogP contribution in [-0.4, -0.2) is 13.1 Å². The van der Waals surface area contributed by atoms with E-state index in [0.29, 0.717) is 16.9 Å². The number of furan rings is 1. The average molecular weight is 282 g/mol. The average Bonchev–Trinajstić information content (AvgIpc) is 3.17. The van der Waals surface area contributed by atoms with Gasteiger partial charge < -0.3 is 9.32 Å². The Hall–Kier alpha value is -2.54. The van der Waals surface area contributed by atoms with Crippen molar-refractivity contribution in [2.75, 3.05) is 18.0 Å². The van der Waals surface area contributed by atoms with E-state index in [9.17, 15) is 9.65 Å². The van der Waals surface area contributed by atoms with E-state index in [2.05, 4.69) is 11.0 Å². The Kier molecular flexibility index (Phi) is 3.74. The predicted octanol–water partition coefficient (Wildman–Crippen LogP) is 4.08. The van der Waals surface area contributed by atoms with Crippen molar-refractivity contribution in [2.24, 2.45) is 0 Å². The van der Waals surface area contributed by atoms with Gasteiger partial charge in [-0.05, 0) is 42.7 Å². The van der Waals surface area contributed by atoms with Crippen molar-refractivity contribution in [1.29, 1.82) is 5.26 Å². The SMILES string of the molecule is N#CC(=Cc1ccc(N2CCCC2)o1)c1ccc(F)cc1. The Bertz CT molecular complexity index is 688. The van der Waals surface area contributed by atoms with Gasteiger partial charge in [-0.3, -0.25) is 0 Å². The molecule has 1 aromatic carbocycles. The van der Waals surface area contributed by atoms with Gasteiger partial charge in [0.1, 0.15) is 11.6 Å². The second-order valence-electron chi connectivity index (χ2n) is 5.05. The van der Waals surface area contributed by atoms with Crippen LogP contribution in [0.1, 0.15) is 24.2 Å². The van der Waals surface area contributed by atoms with Gasteiger partial charge in [-0.25, -0.2) is 4.39 Å². The van der Waals surface area contributed by atoms with Crippen molar-refractivity contribution in [1.82, 2.24) is 0 Å². The molecule has 1 aliphatic rings. The third-order valence-corrected chi connectivity index (χ3v) is 3.59. The van der Waals surface area contributed by atoms with Crippen LogP contribution in [0.5, 0.6) is 0 Å². The molecule has 0 unspecified atom stereocenters. The number of benzene rings is 1. The zero-order valence-corrected chi connectivity index (χ0v) is 11.6. The van der Waals surface area contributed by atoms with Crippen molar-refractivity contribution in [3.63, 3.8) is 0 Å². The molecule has 0 bridgehead atoms. The topological polar surface area (TPSA) is 40.2 Å². The van der Waals surface area contributed by atoms with Crippen LogP contribution in [-0.2, 0) is 0 Å². The van der Waals surface area contributed by atoms with E-state index < -0.39 is 0 Å².